The minimum atomic E-state index is -1.11. The van der Waals surface area contributed by atoms with Crippen LogP contribution in [-0.2, 0) is 28.7 Å². The summed E-state index contributed by atoms with van der Waals surface area (Å²) in [6, 6.07) is -4.17. The maximum Gasteiger partial charge on any atom is 0.508 e. The fourth-order valence-electron chi connectivity index (χ4n) is 6.02. The third kappa shape index (κ3) is 7.97. The van der Waals surface area contributed by atoms with Gasteiger partial charge in [-0.15, -0.1) is 0 Å². The van der Waals surface area contributed by atoms with Crippen molar-refractivity contribution < 1.29 is 38.2 Å². The number of nitrogens with one attached hydrogen (secondary N) is 3. The van der Waals surface area contributed by atoms with Crippen molar-refractivity contribution in [2.75, 3.05) is 20.3 Å². The maximum atomic E-state index is 14.1. The largest absolute Gasteiger partial charge is 0.508 e. The van der Waals surface area contributed by atoms with Crippen LogP contribution in [0.1, 0.15) is 74.7 Å². The molecule has 0 aromatic carbocycles. The molecule has 13 nitrogen and oxygen atoms in total. The maximum absolute atomic E-state index is 14.1. The predicted molar refractivity (Wildman–Crippen MR) is 156 cm³/mol. The molecule has 5 N–H and O–H groups in total. The van der Waals surface area contributed by atoms with Gasteiger partial charge in [-0.2, -0.15) is 0 Å². The summed E-state index contributed by atoms with van der Waals surface area (Å²) in [5.41, 5.74) is 3.83. The molecule has 0 spiro atoms. The molecule has 0 radical (unpaired) electrons. The molecule has 3 fully saturated rings. The van der Waals surface area contributed by atoms with Crippen LogP contribution in [0.2, 0.25) is 0 Å². The molecule has 3 rings (SSSR count). The van der Waals surface area contributed by atoms with Crippen LogP contribution in [0, 0.1) is 34.0 Å². The Bertz CT molecular complexity index is 1140. The first kappa shape index (κ1) is 34.1. The Morgan fingerprint density at radius 3 is 2.05 bits per heavy atom. The van der Waals surface area contributed by atoms with Crippen molar-refractivity contribution in [1.82, 2.24) is 20.9 Å². The Labute approximate surface area is 253 Å². The topological polar surface area (TPSA) is 186 Å². The number of piperidine rings is 1. The van der Waals surface area contributed by atoms with E-state index in [-0.39, 0.29) is 29.8 Å². The van der Waals surface area contributed by atoms with Crippen LogP contribution in [0.25, 0.3) is 0 Å². The monoisotopic (exact) mass is 607 g/mol. The van der Waals surface area contributed by atoms with Gasteiger partial charge < -0.3 is 36.1 Å². The first-order valence-electron chi connectivity index (χ1n) is 14.9. The summed E-state index contributed by atoms with van der Waals surface area (Å²) >= 11 is 0. The standard InChI is InChI=1S/C30H49N5O8/c1-28(2,3)18(14-43-27(41)42-9)33-26(40)34-22(29(4,5)6)25(39)35-13-16-19(30(16,7)8)20(35)24(38)32-17(12-15-10-11-15)21(36)23(31)37/h15-20,22H,10-14H2,1-9H3,(H2,31,37)(H,32,38)(H2,33,34,40)/t16-,17?,18+,19-,20-,22+/m0/s1. The van der Waals surface area contributed by atoms with Gasteiger partial charge in [0.1, 0.15) is 18.7 Å². The van der Waals surface area contributed by atoms with Gasteiger partial charge >= 0.3 is 12.2 Å². The number of ether oxygens (including phenoxy) is 2. The van der Waals surface area contributed by atoms with Crippen molar-refractivity contribution in [3.8, 4) is 0 Å². The Hall–Kier alpha value is -3.38. The van der Waals surface area contributed by atoms with Crippen molar-refractivity contribution in [3.63, 3.8) is 0 Å². The lowest BCUT2D eigenvalue weighted by atomic mass is 9.85. The summed E-state index contributed by atoms with van der Waals surface area (Å²) in [5, 5.41) is 8.35. The van der Waals surface area contributed by atoms with E-state index in [9.17, 15) is 28.8 Å². The molecule has 6 atom stereocenters. The molecule has 1 aliphatic heterocycles. The molecule has 13 heteroatoms. The number of methoxy groups -OCH3 is 1. The summed E-state index contributed by atoms with van der Waals surface area (Å²) in [4.78, 5) is 78.4. The summed E-state index contributed by atoms with van der Waals surface area (Å²) in [6.07, 6.45) is 1.27. The van der Waals surface area contributed by atoms with Gasteiger partial charge in [0.2, 0.25) is 17.6 Å². The van der Waals surface area contributed by atoms with E-state index in [1.165, 1.54) is 12.0 Å². The van der Waals surface area contributed by atoms with Gasteiger partial charge in [0.05, 0.1) is 19.2 Å². The van der Waals surface area contributed by atoms with E-state index in [0.717, 1.165) is 12.8 Å². The van der Waals surface area contributed by atoms with Crippen LogP contribution >= 0.6 is 0 Å². The number of likely N-dealkylation sites (tertiary alicyclic amines) is 1. The first-order chi connectivity index (χ1) is 19.7. The minimum absolute atomic E-state index is 0.0658. The number of primary amides is 1. The number of Topliss-reactive ketones (excluding diaryl/α,β-unsaturated/α-hetero) is 1. The number of amides is 5. The highest BCUT2D eigenvalue weighted by Gasteiger charge is 2.70. The molecule has 0 bridgehead atoms. The van der Waals surface area contributed by atoms with E-state index >= 15 is 0 Å². The lowest BCUT2D eigenvalue weighted by Crippen LogP contribution is -2.62. The molecule has 5 amide bonds. The molecule has 1 saturated heterocycles. The van der Waals surface area contributed by atoms with Crippen molar-refractivity contribution in [3.05, 3.63) is 0 Å². The van der Waals surface area contributed by atoms with Crippen molar-refractivity contribution in [1.29, 1.82) is 0 Å². The molecule has 3 aliphatic rings. The normalized spacial score (nSPS) is 24.5. The molecule has 43 heavy (non-hydrogen) atoms. The third-order valence-corrected chi connectivity index (χ3v) is 9.18. The second-order valence-electron chi connectivity index (χ2n) is 15.0. The number of ketones is 1. The molecule has 2 saturated carbocycles. The Balaban J connectivity index is 1.80. The number of hydrogen-bond acceptors (Lipinski definition) is 8. The van der Waals surface area contributed by atoms with Crippen LogP contribution < -0.4 is 21.7 Å². The molecule has 0 aromatic heterocycles. The van der Waals surface area contributed by atoms with Crippen LogP contribution in [0.3, 0.4) is 0 Å². The fraction of sp³-hybridized carbons (Fsp3) is 0.800. The summed E-state index contributed by atoms with van der Waals surface area (Å²) in [7, 11) is 1.19. The first-order valence-corrected chi connectivity index (χ1v) is 14.9. The highest BCUT2D eigenvalue weighted by Crippen LogP contribution is 2.65. The van der Waals surface area contributed by atoms with Crippen molar-refractivity contribution in [2.24, 2.45) is 39.7 Å². The average molecular weight is 608 g/mol. The van der Waals surface area contributed by atoms with E-state index in [1.54, 1.807) is 0 Å². The van der Waals surface area contributed by atoms with Gasteiger partial charge in [0.25, 0.3) is 5.91 Å². The zero-order chi connectivity index (χ0) is 32.7. The summed E-state index contributed by atoms with van der Waals surface area (Å²) < 4.78 is 9.60. The van der Waals surface area contributed by atoms with Crippen LogP contribution in [0.15, 0.2) is 0 Å². The smallest absolute Gasteiger partial charge is 0.438 e. The second kappa shape index (κ2) is 12.3. The Morgan fingerprint density at radius 2 is 1.56 bits per heavy atom. The Morgan fingerprint density at radius 1 is 0.953 bits per heavy atom. The number of nitrogens with two attached hydrogens (primary N) is 1. The number of urea groups is 1. The SMILES string of the molecule is COC(=O)OC[C@@H](NC(=O)N[C@H](C(=O)N1C[C@H]2[C@@H]([C@H]1C(=O)NC(CC1CC1)C(=O)C(N)=O)C2(C)C)C(C)(C)C)C(C)(C)C. The zero-order valence-electron chi connectivity index (χ0n) is 26.9. The van der Waals surface area contributed by atoms with Crippen LogP contribution in [0.4, 0.5) is 9.59 Å². The number of fused-ring (bicyclic) bond motifs is 1. The molecule has 2 aliphatic carbocycles. The fourth-order valence-corrected chi connectivity index (χ4v) is 6.02. The van der Waals surface area contributed by atoms with E-state index in [4.69, 9.17) is 10.5 Å². The average Bonchev–Trinajstić information content (AvgIpc) is 3.74. The molecule has 0 aromatic rings. The van der Waals surface area contributed by atoms with Crippen molar-refractivity contribution in [2.45, 2.75) is 98.8 Å². The highest BCUT2D eigenvalue weighted by molar-refractivity contribution is 6.37. The summed E-state index contributed by atoms with van der Waals surface area (Å²) in [5.74, 6) is -2.72. The molecule has 1 unspecified atom stereocenters. The minimum Gasteiger partial charge on any atom is -0.438 e. The second-order valence-corrected chi connectivity index (χ2v) is 15.0. The highest BCUT2D eigenvalue weighted by atomic mass is 16.7. The molecular formula is C30H49N5O8. The van der Waals surface area contributed by atoms with E-state index in [2.05, 4.69) is 20.7 Å². The number of nitrogens with zero attached hydrogens (tertiary/aromatic N) is 1. The lowest BCUT2D eigenvalue weighted by Gasteiger charge is -2.38. The van der Waals surface area contributed by atoms with Gasteiger partial charge in [0, 0.05) is 6.54 Å². The van der Waals surface area contributed by atoms with Crippen molar-refractivity contribution >= 4 is 35.7 Å². The van der Waals surface area contributed by atoms with Gasteiger partial charge in [-0.1, -0.05) is 68.2 Å². The summed E-state index contributed by atoms with van der Waals surface area (Å²) in [6.45, 7) is 15.3. The van der Waals surface area contributed by atoms with Gasteiger partial charge in [-0.25, -0.2) is 9.59 Å². The van der Waals surface area contributed by atoms with E-state index < -0.39 is 70.7 Å². The molecule has 1 heterocycles. The van der Waals surface area contributed by atoms with Crippen LogP contribution in [-0.4, -0.2) is 85.0 Å². The Kier molecular flexibility index (Phi) is 9.77. The number of carbonyl (C=O) groups is 6. The number of carbonyl (C=O) groups excluding carboxylic acids is 6. The van der Waals surface area contributed by atoms with E-state index in [0.29, 0.717) is 13.0 Å². The van der Waals surface area contributed by atoms with Gasteiger partial charge in [0.15, 0.2) is 0 Å². The quantitative estimate of drug-likeness (QED) is 0.202. The predicted octanol–water partition coefficient (Wildman–Crippen LogP) is 1.72. The number of rotatable bonds is 11. The lowest BCUT2D eigenvalue weighted by molar-refractivity contribution is -0.145. The van der Waals surface area contributed by atoms with Crippen LogP contribution in [0.5, 0.6) is 0 Å². The van der Waals surface area contributed by atoms with E-state index in [1.807, 2.05) is 55.4 Å². The van der Waals surface area contributed by atoms with Gasteiger partial charge in [-0.3, -0.25) is 19.2 Å². The number of hydrogen-bond donors (Lipinski definition) is 4. The molecular weight excluding hydrogens is 558 g/mol. The van der Waals surface area contributed by atoms with Gasteiger partial charge in [-0.05, 0) is 40.4 Å². The molecule has 242 valence electrons. The third-order valence-electron chi connectivity index (χ3n) is 9.18. The zero-order valence-corrected chi connectivity index (χ0v) is 26.9.